The van der Waals surface area contributed by atoms with Gasteiger partial charge in [0.2, 0.25) is 0 Å². The molecule has 0 aliphatic rings. The van der Waals surface area contributed by atoms with Crippen LogP contribution in [0.15, 0.2) is 103 Å². The minimum atomic E-state index is 0.887. The van der Waals surface area contributed by atoms with Crippen LogP contribution < -0.4 is 0 Å². The van der Waals surface area contributed by atoms with E-state index in [4.69, 9.17) is 0 Å². The fraction of sp³-hybridized carbons (Fsp3) is 0.0714. The summed E-state index contributed by atoms with van der Waals surface area (Å²) in [5.74, 6) is 0. The minimum absolute atomic E-state index is 0.887. The first-order valence-electron chi connectivity index (χ1n) is 10.3. The maximum atomic E-state index is 4.62. The number of aromatic nitrogens is 2. The van der Waals surface area contributed by atoms with Crippen LogP contribution in [0.4, 0.5) is 0 Å². The van der Waals surface area contributed by atoms with Gasteiger partial charge in [0.25, 0.3) is 0 Å². The minimum Gasteiger partial charge on any atom is -0.255 e. The molecule has 2 heteroatoms. The van der Waals surface area contributed by atoms with Crippen molar-refractivity contribution in [3.8, 4) is 33.6 Å². The summed E-state index contributed by atoms with van der Waals surface area (Å²) in [7, 11) is 0. The van der Waals surface area contributed by atoms with E-state index in [1.54, 1.807) is 6.20 Å². The first-order valence-corrected chi connectivity index (χ1v) is 10.3. The summed E-state index contributed by atoms with van der Waals surface area (Å²) in [5.41, 5.74) is 7.91. The van der Waals surface area contributed by atoms with Crippen molar-refractivity contribution in [1.29, 1.82) is 0 Å². The van der Waals surface area contributed by atoms with E-state index in [9.17, 15) is 0 Å². The summed E-state index contributed by atoms with van der Waals surface area (Å²) in [5, 5.41) is 2.48. The lowest BCUT2D eigenvalue weighted by atomic mass is 9.97. The SMILES string of the molecule is CCc1ccc(-c2ccc3ccc(-c4ccc(-c5ccccn5)nc4)cc3c2)cc1. The molecule has 2 heterocycles. The molecule has 0 atom stereocenters. The smallest absolute Gasteiger partial charge is 0.0886 e. The van der Waals surface area contributed by atoms with Crippen LogP contribution in [0, 0.1) is 0 Å². The number of rotatable bonds is 4. The van der Waals surface area contributed by atoms with Gasteiger partial charge in [-0.1, -0.05) is 67.6 Å². The average Bonchev–Trinajstić information content (AvgIpc) is 2.84. The quantitative estimate of drug-likeness (QED) is 0.326. The van der Waals surface area contributed by atoms with Gasteiger partial charge in [-0.2, -0.15) is 0 Å². The maximum Gasteiger partial charge on any atom is 0.0886 e. The predicted molar refractivity (Wildman–Crippen MR) is 125 cm³/mol. The van der Waals surface area contributed by atoms with Crippen molar-refractivity contribution in [2.75, 3.05) is 0 Å². The molecule has 30 heavy (non-hydrogen) atoms. The second kappa shape index (κ2) is 7.92. The Morgan fingerprint density at radius 1 is 0.567 bits per heavy atom. The van der Waals surface area contributed by atoms with Gasteiger partial charge in [0, 0.05) is 18.0 Å². The van der Waals surface area contributed by atoms with Gasteiger partial charge in [0.05, 0.1) is 11.4 Å². The molecule has 5 rings (SSSR count). The van der Waals surface area contributed by atoms with Crippen molar-refractivity contribution >= 4 is 10.8 Å². The number of aryl methyl sites for hydroxylation is 1. The van der Waals surface area contributed by atoms with Crippen molar-refractivity contribution in [1.82, 2.24) is 9.97 Å². The van der Waals surface area contributed by atoms with E-state index in [-0.39, 0.29) is 0 Å². The van der Waals surface area contributed by atoms with Crippen molar-refractivity contribution in [2.45, 2.75) is 13.3 Å². The molecular formula is C28H22N2. The molecule has 0 N–H and O–H groups in total. The van der Waals surface area contributed by atoms with E-state index in [0.29, 0.717) is 0 Å². The molecule has 2 nitrogen and oxygen atoms in total. The first-order chi connectivity index (χ1) is 14.8. The van der Waals surface area contributed by atoms with Crippen LogP contribution in [0.5, 0.6) is 0 Å². The Morgan fingerprint density at radius 3 is 1.87 bits per heavy atom. The molecule has 0 aliphatic carbocycles. The van der Waals surface area contributed by atoms with Crippen LogP contribution in [0.1, 0.15) is 12.5 Å². The lowest BCUT2D eigenvalue weighted by Crippen LogP contribution is -1.87. The second-order valence-corrected chi connectivity index (χ2v) is 7.47. The molecular weight excluding hydrogens is 364 g/mol. The Morgan fingerprint density at radius 2 is 1.23 bits per heavy atom. The number of benzene rings is 3. The largest absolute Gasteiger partial charge is 0.255 e. The van der Waals surface area contributed by atoms with Gasteiger partial charge < -0.3 is 0 Å². The zero-order chi connectivity index (χ0) is 20.3. The fourth-order valence-electron chi connectivity index (χ4n) is 3.77. The molecule has 5 aromatic rings. The monoisotopic (exact) mass is 386 g/mol. The van der Waals surface area contributed by atoms with E-state index < -0.39 is 0 Å². The molecule has 0 bridgehead atoms. The fourth-order valence-corrected chi connectivity index (χ4v) is 3.77. The summed E-state index contributed by atoms with van der Waals surface area (Å²) in [6.45, 7) is 2.18. The standard InChI is InChI=1S/C28H22N2/c1-2-20-6-8-21(9-7-20)23-12-10-22-11-13-24(18-26(22)17-23)25-14-15-28(30-19-25)27-5-3-4-16-29-27/h3-19H,2H2,1H3. The number of fused-ring (bicyclic) bond motifs is 1. The summed E-state index contributed by atoms with van der Waals surface area (Å²) >= 11 is 0. The predicted octanol–water partition coefficient (Wildman–Crippen LogP) is 7.19. The summed E-state index contributed by atoms with van der Waals surface area (Å²) in [6.07, 6.45) is 4.79. The van der Waals surface area contributed by atoms with Gasteiger partial charge in [-0.25, -0.2) is 0 Å². The number of pyridine rings is 2. The van der Waals surface area contributed by atoms with Gasteiger partial charge >= 0.3 is 0 Å². The molecule has 0 amide bonds. The lowest BCUT2D eigenvalue weighted by Gasteiger charge is -2.08. The average molecular weight is 386 g/mol. The zero-order valence-electron chi connectivity index (χ0n) is 16.9. The summed E-state index contributed by atoms with van der Waals surface area (Å²) < 4.78 is 0. The number of hydrogen-bond acceptors (Lipinski definition) is 2. The molecule has 2 aromatic heterocycles. The summed E-state index contributed by atoms with van der Waals surface area (Å²) in [6, 6.07) is 32.1. The maximum absolute atomic E-state index is 4.62. The highest BCUT2D eigenvalue weighted by molar-refractivity contribution is 5.91. The van der Waals surface area contributed by atoms with Crippen LogP contribution in [0.25, 0.3) is 44.4 Å². The molecule has 0 saturated heterocycles. The highest BCUT2D eigenvalue weighted by Gasteiger charge is 2.05. The van der Waals surface area contributed by atoms with E-state index in [1.165, 1.54) is 33.0 Å². The molecule has 0 spiro atoms. The van der Waals surface area contributed by atoms with Gasteiger partial charge in [-0.05, 0) is 69.8 Å². The van der Waals surface area contributed by atoms with Crippen LogP contribution in [0.3, 0.4) is 0 Å². The molecule has 3 aromatic carbocycles. The molecule has 0 unspecified atom stereocenters. The second-order valence-electron chi connectivity index (χ2n) is 7.47. The van der Waals surface area contributed by atoms with Crippen molar-refractivity contribution in [2.24, 2.45) is 0 Å². The lowest BCUT2D eigenvalue weighted by molar-refractivity contribution is 1.14. The first kappa shape index (κ1) is 18.3. The highest BCUT2D eigenvalue weighted by Crippen LogP contribution is 2.29. The van der Waals surface area contributed by atoms with Crippen LogP contribution >= 0.6 is 0 Å². The molecule has 144 valence electrons. The van der Waals surface area contributed by atoms with Gasteiger partial charge in [-0.3, -0.25) is 9.97 Å². The summed E-state index contributed by atoms with van der Waals surface area (Å²) in [4.78, 5) is 9.00. The van der Waals surface area contributed by atoms with Gasteiger partial charge in [-0.15, -0.1) is 0 Å². The Hall–Kier alpha value is -3.78. The van der Waals surface area contributed by atoms with E-state index in [2.05, 4.69) is 83.6 Å². The van der Waals surface area contributed by atoms with Crippen LogP contribution in [-0.2, 0) is 6.42 Å². The molecule has 0 aliphatic heterocycles. The van der Waals surface area contributed by atoms with Gasteiger partial charge in [0.15, 0.2) is 0 Å². The molecule has 0 fully saturated rings. The van der Waals surface area contributed by atoms with Crippen molar-refractivity contribution < 1.29 is 0 Å². The Balaban J connectivity index is 1.49. The zero-order valence-corrected chi connectivity index (χ0v) is 16.9. The Bertz CT molecular complexity index is 1290. The van der Waals surface area contributed by atoms with Crippen LogP contribution in [-0.4, -0.2) is 9.97 Å². The third kappa shape index (κ3) is 3.60. The number of nitrogens with zero attached hydrogens (tertiary/aromatic N) is 2. The topological polar surface area (TPSA) is 25.8 Å². The third-order valence-corrected chi connectivity index (χ3v) is 5.56. The highest BCUT2D eigenvalue weighted by atomic mass is 14.8. The molecule has 0 saturated carbocycles. The normalized spacial score (nSPS) is 11.0. The van der Waals surface area contributed by atoms with E-state index >= 15 is 0 Å². The molecule has 0 radical (unpaired) electrons. The number of hydrogen-bond donors (Lipinski definition) is 0. The third-order valence-electron chi connectivity index (χ3n) is 5.56. The Labute approximate surface area is 176 Å². The van der Waals surface area contributed by atoms with Crippen molar-refractivity contribution in [3.05, 3.63) is 109 Å². The Kier molecular flexibility index (Phi) is 4.82. The van der Waals surface area contributed by atoms with Crippen LogP contribution in [0.2, 0.25) is 0 Å². The van der Waals surface area contributed by atoms with Crippen molar-refractivity contribution in [3.63, 3.8) is 0 Å². The van der Waals surface area contributed by atoms with Gasteiger partial charge in [0.1, 0.15) is 0 Å². The van der Waals surface area contributed by atoms with E-state index in [1.807, 2.05) is 30.5 Å². The van der Waals surface area contributed by atoms with E-state index in [0.717, 1.165) is 23.4 Å².